The van der Waals surface area contributed by atoms with Gasteiger partial charge < -0.3 is 9.47 Å². The Labute approximate surface area is 106 Å². The van der Waals surface area contributed by atoms with Crippen LogP contribution in [0.5, 0.6) is 5.75 Å². The molecule has 0 unspecified atom stereocenters. The van der Waals surface area contributed by atoms with Crippen LogP contribution in [0.2, 0.25) is 0 Å². The number of benzene rings is 1. The number of ether oxygens (including phenoxy) is 2. The number of Topliss-reactive ketones (excluding diaryl/α,β-unsaturated/α-hetero) is 2. The number of unbranched alkanes of at least 4 members (excludes halogenated alkanes) is 1. The van der Waals surface area contributed by atoms with Gasteiger partial charge in [-0.3, -0.25) is 9.59 Å². The van der Waals surface area contributed by atoms with E-state index < -0.39 is 0 Å². The molecule has 1 aliphatic carbocycles. The molecular weight excluding hydrogens is 232 g/mol. The molecule has 0 fully saturated rings. The lowest BCUT2D eigenvalue weighted by Gasteiger charge is -2.07. The van der Waals surface area contributed by atoms with Crippen molar-refractivity contribution in [2.75, 3.05) is 20.3 Å². The maximum atomic E-state index is 11.6. The van der Waals surface area contributed by atoms with Crippen LogP contribution >= 0.6 is 0 Å². The number of hydrogen-bond donors (Lipinski definition) is 0. The first kappa shape index (κ1) is 12.8. The summed E-state index contributed by atoms with van der Waals surface area (Å²) >= 11 is 0. The lowest BCUT2D eigenvalue weighted by Crippen LogP contribution is -2.01. The summed E-state index contributed by atoms with van der Waals surface area (Å²) in [5.41, 5.74) is 1.01. The van der Waals surface area contributed by atoms with E-state index in [9.17, 15) is 9.59 Å². The number of ketones is 2. The summed E-state index contributed by atoms with van der Waals surface area (Å²) in [6, 6.07) is 5.08. The second kappa shape index (κ2) is 5.78. The first-order valence-electron chi connectivity index (χ1n) is 6.04. The van der Waals surface area contributed by atoms with Crippen molar-refractivity contribution in [3.05, 3.63) is 29.3 Å². The first-order valence-corrected chi connectivity index (χ1v) is 6.04. The SMILES string of the molecule is COCCCCOc1ccc2c(c1)C(=O)CC2=O. The maximum Gasteiger partial charge on any atom is 0.171 e. The van der Waals surface area contributed by atoms with Crippen molar-refractivity contribution in [3.8, 4) is 5.75 Å². The van der Waals surface area contributed by atoms with E-state index >= 15 is 0 Å². The smallest absolute Gasteiger partial charge is 0.171 e. The van der Waals surface area contributed by atoms with Crippen LogP contribution in [-0.2, 0) is 4.74 Å². The van der Waals surface area contributed by atoms with Gasteiger partial charge in [-0.25, -0.2) is 0 Å². The molecule has 1 aromatic rings. The molecule has 0 saturated carbocycles. The highest BCUT2D eigenvalue weighted by Crippen LogP contribution is 2.26. The third kappa shape index (κ3) is 2.76. The van der Waals surface area contributed by atoms with Crippen LogP contribution in [0, 0.1) is 0 Å². The van der Waals surface area contributed by atoms with Gasteiger partial charge in [0.1, 0.15) is 5.75 Å². The number of hydrogen-bond acceptors (Lipinski definition) is 4. The Morgan fingerprint density at radius 2 is 1.78 bits per heavy atom. The van der Waals surface area contributed by atoms with Crippen molar-refractivity contribution < 1.29 is 19.1 Å². The predicted octanol–water partition coefficient (Wildman–Crippen LogP) is 2.26. The Balaban J connectivity index is 1.93. The molecule has 0 radical (unpaired) electrons. The van der Waals surface area contributed by atoms with Gasteiger partial charge in [-0.05, 0) is 31.0 Å². The second-order valence-corrected chi connectivity index (χ2v) is 4.28. The zero-order valence-corrected chi connectivity index (χ0v) is 10.4. The molecule has 2 rings (SSSR count). The van der Waals surface area contributed by atoms with Gasteiger partial charge in [0.05, 0.1) is 13.0 Å². The van der Waals surface area contributed by atoms with Gasteiger partial charge in [0.15, 0.2) is 11.6 Å². The molecule has 0 N–H and O–H groups in total. The Morgan fingerprint density at radius 3 is 2.56 bits per heavy atom. The van der Waals surface area contributed by atoms with E-state index in [0.717, 1.165) is 19.4 Å². The van der Waals surface area contributed by atoms with E-state index in [2.05, 4.69) is 0 Å². The van der Waals surface area contributed by atoms with Crippen molar-refractivity contribution in [2.45, 2.75) is 19.3 Å². The molecule has 0 bridgehead atoms. The molecule has 0 atom stereocenters. The standard InChI is InChI=1S/C14H16O4/c1-17-6-2-3-7-18-10-4-5-11-12(8-10)14(16)9-13(11)15/h4-5,8H,2-3,6-7,9H2,1H3. The highest BCUT2D eigenvalue weighted by molar-refractivity contribution is 6.24. The second-order valence-electron chi connectivity index (χ2n) is 4.28. The summed E-state index contributed by atoms with van der Waals surface area (Å²) in [4.78, 5) is 23.0. The van der Waals surface area contributed by atoms with Gasteiger partial charge in [-0.1, -0.05) is 0 Å². The summed E-state index contributed by atoms with van der Waals surface area (Å²) in [6.07, 6.45) is 1.84. The fourth-order valence-corrected chi connectivity index (χ4v) is 1.96. The quantitative estimate of drug-likeness (QED) is 0.572. The fourth-order valence-electron chi connectivity index (χ4n) is 1.96. The van der Waals surface area contributed by atoms with Crippen LogP contribution in [0.1, 0.15) is 40.0 Å². The summed E-state index contributed by atoms with van der Waals surface area (Å²) in [5.74, 6) is 0.440. The Kier molecular flexibility index (Phi) is 4.10. The van der Waals surface area contributed by atoms with Crippen LogP contribution < -0.4 is 4.74 Å². The normalized spacial score (nSPS) is 13.8. The van der Waals surface area contributed by atoms with E-state index in [4.69, 9.17) is 9.47 Å². The van der Waals surface area contributed by atoms with E-state index in [-0.39, 0.29) is 18.0 Å². The van der Waals surface area contributed by atoms with E-state index in [1.165, 1.54) is 0 Å². The van der Waals surface area contributed by atoms with Crippen molar-refractivity contribution in [3.63, 3.8) is 0 Å². The summed E-state index contributed by atoms with van der Waals surface area (Å²) in [5, 5.41) is 0. The molecule has 1 aromatic carbocycles. The molecule has 4 heteroatoms. The minimum Gasteiger partial charge on any atom is -0.494 e. The van der Waals surface area contributed by atoms with Crippen molar-refractivity contribution in [1.82, 2.24) is 0 Å². The minimum atomic E-state index is -0.111. The van der Waals surface area contributed by atoms with Gasteiger partial charge in [0.2, 0.25) is 0 Å². The first-order chi connectivity index (χ1) is 8.72. The Morgan fingerprint density at radius 1 is 1.06 bits per heavy atom. The number of carbonyl (C=O) groups excluding carboxylic acids is 2. The topological polar surface area (TPSA) is 52.6 Å². The zero-order valence-electron chi connectivity index (χ0n) is 10.4. The predicted molar refractivity (Wildman–Crippen MR) is 66.3 cm³/mol. The number of fused-ring (bicyclic) bond motifs is 1. The summed E-state index contributed by atoms with van der Waals surface area (Å²) in [7, 11) is 1.67. The fraction of sp³-hybridized carbons (Fsp3) is 0.429. The number of methoxy groups -OCH3 is 1. The molecule has 0 saturated heterocycles. The molecule has 18 heavy (non-hydrogen) atoms. The molecular formula is C14H16O4. The van der Waals surface area contributed by atoms with E-state index in [0.29, 0.717) is 23.5 Å². The number of rotatable bonds is 6. The van der Waals surface area contributed by atoms with Crippen molar-refractivity contribution in [1.29, 1.82) is 0 Å². The van der Waals surface area contributed by atoms with Gasteiger partial charge >= 0.3 is 0 Å². The minimum absolute atomic E-state index is 0.00732. The molecule has 0 aliphatic heterocycles. The Hall–Kier alpha value is -1.68. The molecule has 96 valence electrons. The van der Waals surface area contributed by atoms with Crippen LogP contribution in [0.25, 0.3) is 0 Å². The molecule has 0 amide bonds. The zero-order chi connectivity index (χ0) is 13.0. The number of carbonyl (C=O) groups is 2. The van der Waals surface area contributed by atoms with E-state index in [1.54, 1.807) is 25.3 Å². The molecule has 0 spiro atoms. The van der Waals surface area contributed by atoms with E-state index in [1.807, 2.05) is 0 Å². The molecule has 4 nitrogen and oxygen atoms in total. The van der Waals surface area contributed by atoms with Gasteiger partial charge in [0, 0.05) is 24.8 Å². The third-order valence-electron chi connectivity index (χ3n) is 2.92. The molecule has 1 aliphatic rings. The Bertz CT molecular complexity index is 465. The monoisotopic (exact) mass is 248 g/mol. The largest absolute Gasteiger partial charge is 0.494 e. The van der Waals surface area contributed by atoms with Crippen LogP contribution in [-0.4, -0.2) is 31.9 Å². The van der Waals surface area contributed by atoms with Crippen molar-refractivity contribution in [2.24, 2.45) is 0 Å². The highest BCUT2D eigenvalue weighted by atomic mass is 16.5. The average Bonchev–Trinajstić information content (AvgIpc) is 2.65. The van der Waals surface area contributed by atoms with Crippen molar-refractivity contribution >= 4 is 11.6 Å². The van der Waals surface area contributed by atoms with Gasteiger partial charge in [0.25, 0.3) is 0 Å². The molecule has 0 aromatic heterocycles. The summed E-state index contributed by atoms with van der Waals surface area (Å²) in [6.45, 7) is 1.31. The van der Waals surface area contributed by atoms with Gasteiger partial charge in [-0.15, -0.1) is 0 Å². The third-order valence-corrected chi connectivity index (χ3v) is 2.92. The molecule has 0 heterocycles. The van der Waals surface area contributed by atoms with Crippen LogP contribution in [0.15, 0.2) is 18.2 Å². The lowest BCUT2D eigenvalue weighted by molar-refractivity contribution is 0.0923. The lowest BCUT2D eigenvalue weighted by atomic mass is 10.1. The summed E-state index contributed by atoms with van der Waals surface area (Å²) < 4.78 is 10.5. The average molecular weight is 248 g/mol. The van der Waals surface area contributed by atoms with Crippen LogP contribution in [0.3, 0.4) is 0 Å². The maximum absolute atomic E-state index is 11.6. The van der Waals surface area contributed by atoms with Crippen LogP contribution in [0.4, 0.5) is 0 Å². The van der Waals surface area contributed by atoms with Gasteiger partial charge in [-0.2, -0.15) is 0 Å². The highest BCUT2D eigenvalue weighted by Gasteiger charge is 2.27.